The standard InChI is InChI=1S/C15H25N5O2/c1-9(2)12-17-14(19-15(18-12)20(3)4)16-11-7-6-10(8-11)13(21)22-5/h9-11H,6-8H2,1-5H3,(H,16,17,18,19)/t10-,11+/m0/s1. The highest BCUT2D eigenvalue weighted by atomic mass is 16.5. The minimum atomic E-state index is -0.128. The molecule has 1 heterocycles. The summed E-state index contributed by atoms with van der Waals surface area (Å²) in [6.07, 6.45) is 2.51. The lowest BCUT2D eigenvalue weighted by Crippen LogP contribution is -2.22. The number of ether oxygens (including phenoxy) is 1. The van der Waals surface area contributed by atoms with Crippen molar-refractivity contribution >= 4 is 17.9 Å². The Balaban J connectivity index is 2.11. The molecule has 1 aromatic heterocycles. The molecule has 22 heavy (non-hydrogen) atoms. The molecule has 0 spiro atoms. The molecule has 0 bridgehead atoms. The topological polar surface area (TPSA) is 80.2 Å². The average Bonchev–Trinajstić information content (AvgIpc) is 2.94. The van der Waals surface area contributed by atoms with Gasteiger partial charge in [-0.2, -0.15) is 15.0 Å². The fourth-order valence-corrected chi connectivity index (χ4v) is 2.58. The van der Waals surface area contributed by atoms with Gasteiger partial charge in [-0.15, -0.1) is 0 Å². The van der Waals surface area contributed by atoms with Crippen molar-refractivity contribution in [2.75, 3.05) is 31.4 Å². The fourth-order valence-electron chi connectivity index (χ4n) is 2.58. The molecule has 1 fully saturated rings. The quantitative estimate of drug-likeness (QED) is 0.831. The highest BCUT2D eigenvalue weighted by Crippen LogP contribution is 2.28. The van der Waals surface area contributed by atoms with Crippen molar-refractivity contribution < 1.29 is 9.53 Å². The molecule has 1 aromatic rings. The van der Waals surface area contributed by atoms with Crippen LogP contribution in [0, 0.1) is 5.92 Å². The lowest BCUT2D eigenvalue weighted by molar-refractivity contribution is -0.145. The lowest BCUT2D eigenvalue weighted by Gasteiger charge is -2.17. The highest BCUT2D eigenvalue weighted by molar-refractivity contribution is 5.72. The first-order chi connectivity index (χ1) is 10.4. The van der Waals surface area contributed by atoms with E-state index >= 15 is 0 Å². The van der Waals surface area contributed by atoms with E-state index in [0.717, 1.165) is 25.1 Å². The molecule has 1 aliphatic carbocycles. The molecule has 0 radical (unpaired) electrons. The fraction of sp³-hybridized carbons (Fsp3) is 0.733. The van der Waals surface area contributed by atoms with Crippen LogP contribution in [0.5, 0.6) is 0 Å². The summed E-state index contributed by atoms with van der Waals surface area (Å²) in [5.41, 5.74) is 0. The van der Waals surface area contributed by atoms with Crippen molar-refractivity contribution in [3.8, 4) is 0 Å². The Labute approximate surface area is 131 Å². The van der Waals surface area contributed by atoms with Crippen molar-refractivity contribution in [1.82, 2.24) is 15.0 Å². The summed E-state index contributed by atoms with van der Waals surface area (Å²) in [7, 11) is 5.26. The number of hydrogen-bond acceptors (Lipinski definition) is 7. The number of hydrogen-bond donors (Lipinski definition) is 1. The van der Waals surface area contributed by atoms with E-state index in [-0.39, 0.29) is 23.8 Å². The maximum absolute atomic E-state index is 11.6. The van der Waals surface area contributed by atoms with Crippen LogP contribution < -0.4 is 10.2 Å². The first-order valence-electron chi connectivity index (χ1n) is 7.68. The molecule has 1 saturated carbocycles. The minimum absolute atomic E-state index is 0.0257. The number of rotatable bonds is 5. The molecule has 0 aromatic carbocycles. The molecule has 1 aliphatic rings. The first-order valence-corrected chi connectivity index (χ1v) is 7.68. The van der Waals surface area contributed by atoms with Crippen LogP contribution in [0.1, 0.15) is 44.9 Å². The van der Waals surface area contributed by atoms with Gasteiger partial charge in [-0.1, -0.05) is 13.8 Å². The zero-order valence-corrected chi connectivity index (χ0v) is 14.0. The average molecular weight is 307 g/mol. The smallest absolute Gasteiger partial charge is 0.308 e. The van der Waals surface area contributed by atoms with E-state index in [9.17, 15) is 4.79 Å². The number of nitrogens with one attached hydrogen (secondary N) is 1. The van der Waals surface area contributed by atoms with Gasteiger partial charge in [0.25, 0.3) is 0 Å². The van der Waals surface area contributed by atoms with Crippen LogP contribution in [0.3, 0.4) is 0 Å². The molecular formula is C15H25N5O2. The molecule has 122 valence electrons. The molecule has 1 N–H and O–H groups in total. The van der Waals surface area contributed by atoms with Crippen LogP contribution >= 0.6 is 0 Å². The Morgan fingerprint density at radius 2 is 2.00 bits per heavy atom. The monoisotopic (exact) mass is 307 g/mol. The van der Waals surface area contributed by atoms with Gasteiger partial charge in [0.05, 0.1) is 13.0 Å². The Morgan fingerprint density at radius 3 is 2.59 bits per heavy atom. The van der Waals surface area contributed by atoms with Gasteiger partial charge in [0.15, 0.2) is 0 Å². The van der Waals surface area contributed by atoms with E-state index in [2.05, 4.69) is 34.1 Å². The van der Waals surface area contributed by atoms with Gasteiger partial charge in [-0.25, -0.2) is 0 Å². The third kappa shape index (κ3) is 3.84. The van der Waals surface area contributed by atoms with Crippen LogP contribution in [0.25, 0.3) is 0 Å². The van der Waals surface area contributed by atoms with Gasteiger partial charge < -0.3 is 15.0 Å². The third-order valence-corrected chi connectivity index (χ3v) is 3.86. The van der Waals surface area contributed by atoms with E-state index in [4.69, 9.17) is 4.74 Å². The molecule has 7 heteroatoms. The van der Waals surface area contributed by atoms with Crippen molar-refractivity contribution in [3.63, 3.8) is 0 Å². The van der Waals surface area contributed by atoms with E-state index in [1.807, 2.05) is 19.0 Å². The lowest BCUT2D eigenvalue weighted by atomic mass is 10.1. The third-order valence-electron chi connectivity index (χ3n) is 3.86. The second-order valence-electron chi connectivity index (χ2n) is 6.24. The normalized spacial score (nSPS) is 21.0. The van der Waals surface area contributed by atoms with Crippen LogP contribution in [0.4, 0.5) is 11.9 Å². The van der Waals surface area contributed by atoms with Crippen molar-refractivity contribution in [2.45, 2.75) is 45.1 Å². The van der Waals surface area contributed by atoms with E-state index in [1.165, 1.54) is 7.11 Å². The number of carbonyl (C=O) groups is 1. The van der Waals surface area contributed by atoms with Crippen LogP contribution in [-0.4, -0.2) is 48.2 Å². The van der Waals surface area contributed by atoms with Gasteiger partial charge in [0, 0.05) is 26.1 Å². The molecule has 2 rings (SSSR count). The Morgan fingerprint density at radius 1 is 1.27 bits per heavy atom. The van der Waals surface area contributed by atoms with Gasteiger partial charge >= 0.3 is 5.97 Å². The Hall–Kier alpha value is -1.92. The van der Waals surface area contributed by atoms with Crippen LogP contribution in [0.15, 0.2) is 0 Å². The van der Waals surface area contributed by atoms with Gasteiger partial charge in [-0.3, -0.25) is 4.79 Å². The SMILES string of the molecule is COC(=O)[C@H]1CC[C@@H](Nc2nc(C(C)C)nc(N(C)C)n2)C1. The van der Waals surface area contributed by atoms with E-state index < -0.39 is 0 Å². The molecule has 7 nitrogen and oxygen atoms in total. The predicted octanol–water partition coefficient (Wildman–Crippen LogP) is 1.81. The molecule has 0 aliphatic heterocycles. The highest BCUT2D eigenvalue weighted by Gasteiger charge is 2.31. The first kappa shape index (κ1) is 16.5. The summed E-state index contributed by atoms with van der Waals surface area (Å²) in [6.45, 7) is 4.11. The van der Waals surface area contributed by atoms with Crippen molar-refractivity contribution in [3.05, 3.63) is 5.82 Å². The van der Waals surface area contributed by atoms with Crippen molar-refractivity contribution in [1.29, 1.82) is 0 Å². The summed E-state index contributed by atoms with van der Waals surface area (Å²) in [5.74, 6) is 2.07. The molecule has 2 atom stereocenters. The molecule has 0 saturated heterocycles. The summed E-state index contributed by atoms with van der Waals surface area (Å²) in [6, 6.07) is 0.196. The zero-order valence-electron chi connectivity index (χ0n) is 14.0. The summed E-state index contributed by atoms with van der Waals surface area (Å²) in [5, 5.41) is 3.34. The number of esters is 1. The summed E-state index contributed by atoms with van der Waals surface area (Å²) in [4.78, 5) is 26.9. The number of methoxy groups -OCH3 is 1. The Kier molecular flexibility index (Phi) is 5.15. The van der Waals surface area contributed by atoms with Gasteiger partial charge in [0.1, 0.15) is 5.82 Å². The van der Waals surface area contributed by atoms with Gasteiger partial charge in [0.2, 0.25) is 11.9 Å². The predicted molar refractivity (Wildman–Crippen MR) is 85.0 cm³/mol. The number of aromatic nitrogens is 3. The zero-order chi connectivity index (χ0) is 16.3. The minimum Gasteiger partial charge on any atom is -0.469 e. The molecule has 0 amide bonds. The van der Waals surface area contributed by atoms with Crippen LogP contribution in [0.2, 0.25) is 0 Å². The summed E-state index contributed by atoms with van der Waals surface area (Å²) < 4.78 is 4.82. The number of carbonyl (C=O) groups excluding carboxylic acids is 1. The van der Waals surface area contributed by atoms with Crippen molar-refractivity contribution in [2.24, 2.45) is 5.92 Å². The number of anilines is 2. The second kappa shape index (κ2) is 6.89. The molecular weight excluding hydrogens is 282 g/mol. The van der Waals surface area contributed by atoms with Gasteiger partial charge in [-0.05, 0) is 19.3 Å². The summed E-state index contributed by atoms with van der Waals surface area (Å²) >= 11 is 0. The van der Waals surface area contributed by atoms with E-state index in [0.29, 0.717) is 11.9 Å². The second-order valence-corrected chi connectivity index (χ2v) is 6.24. The largest absolute Gasteiger partial charge is 0.469 e. The maximum Gasteiger partial charge on any atom is 0.308 e. The Bertz CT molecular complexity index is 506. The molecule has 0 unspecified atom stereocenters. The number of nitrogens with zero attached hydrogens (tertiary/aromatic N) is 4. The van der Waals surface area contributed by atoms with Crippen LogP contribution in [-0.2, 0) is 9.53 Å². The maximum atomic E-state index is 11.6. The van der Waals surface area contributed by atoms with E-state index in [1.54, 1.807) is 0 Å².